The Hall–Kier alpha value is -0.860. The Labute approximate surface area is 97.7 Å². The Balaban J connectivity index is 1.97. The van der Waals surface area contributed by atoms with Gasteiger partial charge in [0, 0.05) is 12.1 Å². The van der Waals surface area contributed by atoms with Crippen molar-refractivity contribution in [2.75, 3.05) is 0 Å². The number of benzene rings is 1. The molecule has 1 aliphatic carbocycles. The summed E-state index contributed by atoms with van der Waals surface area (Å²) in [5, 5.41) is 13.4. The summed E-state index contributed by atoms with van der Waals surface area (Å²) in [6.45, 7) is 5.75. The number of nitrogens with one attached hydrogen (secondary N) is 1. The quantitative estimate of drug-likeness (QED) is 0.814. The summed E-state index contributed by atoms with van der Waals surface area (Å²) in [6.07, 6.45) is 2.16. The first kappa shape index (κ1) is 11.6. The van der Waals surface area contributed by atoms with Crippen molar-refractivity contribution < 1.29 is 5.11 Å². The highest BCUT2D eigenvalue weighted by Gasteiger charge is 2.27. The van der Waals surface area contributed by atoms with Crippen LogP contribution in [0.1, 0.15) is 31.9 Å². The lowest BCUT2D eigenvalue weighted by Gasteiger charge is -2.29. The molecule has 0 spiro atoms. The zero-order valence-corrected chi connectivity index (χ0v) is 10.3. The van der Waals surface area contributed by atoms with Crippen molar-refractivity contribution in [3.05, 3.63) is 35.4 Å². The second-order valence-electron chi connectivity index (χ2n) is 5.42. The van der Waals surface area contributed by atoms with E-state index >= 15 is 0 Å². The van der Waals surface area contributed by atoms with Crippen LogP contribution in [0.2, 0.25) is 0 Å². The Kier molecular flexibility index (Phi) is 3.04. The molecule has 1 unspecified atom stereocenters. The maximum atomic E-state index is 9.90. The van der Waals surface area contributed by atoms with Crippen molar-refractivity contribution in [1.29, 1.82) is 0 Å². The van der Waals surface area contributed by atoms with E-state index < -0.39 is 5.60 Å². The van der Waals surface area contributed by atoms with Crippen molar-refractivity contribution in [3.63, 3.8) is 0 Å². The third kappa shape index (κ3) is 2.45. The summed E-state index contributed by atoms with van der Waals surface area (Å²) < 4.78 is 0. The average molecular weight is 219 g/mol. The second kappa shape index (κ2) is 4.19. The molecule has 0 saturated carbocycles. The van der Waals surface area contributed by atoms with Gasteiger partial charge in [0.05, 0.1) is 5.60 Å². The van der Waals surface area contributed by atoms with Crippen molar-refractivity contribution in [1.82, 2.24) is 5.32 Å². The monoisotopic (exact) mass is 219 g/mol. The van der Waals surface area contributed by atoms with Crippen LogP contribution in [-0.2, 0) is 12.8 Å². The molecule has 2 N–H and O–H groups in total. The standard InChI is InChI=1S/C14H21NO/c1-10(14(2,3)16)15-13-8-11-6-4-5-7-12(11)9-13/h4-7,10,13,15-16H,8-9H2,1-3H3. The van der Waals surface area contributed by atoms with E-state index in [9.17, 15) is 5.11 Å². The number of hydrogen-bond donors (Lipinski definition) is 2. The predicted octanol–water partition coefficient (Wildman–Crippen LogP) is 1.90. The third-order valence-corrected chi connectivity index (χ3v) is 3.60. The topological polar surface area (TPSA) is 32.3 Å². The molecular formula is C14H21NO. The van der Waals surface area contributed by atoms with Crippen LogP contribution in [0.4, 0.5) is 0 Å². The Bertz CT molecular complexity index is 342. The van der Waals surface area contributed by atoms with Crippen molar-refractivity contribution in [2.24, 2.45) is 0 Å². The van der Waals surface area contributed by atoms with Gasteiger partial charge in [-0.1, -0.05) is 24.3 Å². The Morgan fingerprint density at radius 2 is 1.75 bits per heavy atom. The van der Waals surface area contributed by atoms with Gasteiger partial charge in [-0.25, -0.2) is 0 Å². The van der Waals surface area contributed by atoms with Crippen LogP contribution in [0, 0.1) is 0 Å². The minimum absolute atomic E-state index is 0.117. The van der Waals surface area contributed by atoms with E-state index in [0.29, 0.717) is 6.04 Å². The van der Waals surface area contributed by atoms with Crippen LogP contribution in [0.5, 0.6) is 0 Å². The summed E-state index contributed by atoms with van der Waals surface area (Å²) in [4.78, 5) is 0. The third-order valence-electron chi connectivity index (χ3n) is 3.60. The molecule has 0 aliphatic heterocycles. The van der Waals surface area contributed by atoms with E-state index in [1.807, 2.05) is 20.8 Å². The first-order valence-electron chi connectivity index (χ1n) is 6.02. The molecule has 1 atom stereocenters. The van der Waals surface area contributed by atoms with E-state index in [1.165, 1.54) is 11.1 Å². The second-order valence-corrected chi connectivity index (χ2v) is 5.42. The van der Waals surface area contributed by atoms with Crippen molar-refractivity contribution in [3.8, 4) is 0 Å². The van der Waals surface area contributed by atoms with Crippen LogP contribution in [0.3, 0.4) is 0 Å². The Morgan fingerprint density at radius 1 is 1.25 bits per heavy atom. The summed E-state index contributed by atoms with van der Waals surface area (Å²) in [6, 6.07) is 9.18. The molecule has 88 valence electrons. The van der Waals surface area contributed by atoms with Gasteiger partial charge in [-0.05, 0) is 44.7 Å². The Morgan fingerprint density at radius 3 is 2.19 bits per heavy atom. The number of fused-ring (bicyclic) bond motifs is 1. The first-order chi connectivity index (χ1) is 7.47. The van der Waals surface area contributed by atoms with E-state index in [2.05, 4.69) is 29.6 Å². The first-order valence-corrected chi connectivity index (χ1v) is 6.02. The van der Waals surface area contributed by atoms with E-state index in [0.717, 1.165) is 12.8 Å². The molecule has 2 rings (SSSR count). The average Bonchev–Trinajstić information content (AvgIpc) is 2.58. The SMILES string of the molecule is CC(NC1Cc2ccccc2C1)C(C)(C)O. The van der Waals surface area contributed by atoms with Gasteiger partial charge in [-0.3, -0.25) is 0 Å². The normalized spacial score (nSPS) is 18.5. The molecule has 1 aliphatic rings. The molecule has 2 nitrogen and oxygen atoms in total. The molecule has 1 aromatic carbocycles. The molecular weight excluding hydrogens is 198 g/mol. The summed E-state index contributed by atoms with van der Waals surface area (Å²) >= 11 is 0. The molecule has 16 heavy (non-hydrogen) atoms. The molecule has 0 heterocycles. The molecule has 0 saturated heterocycles. The van der Waals surface area contributed by atoms with Crippen LogP contribution in [-0.4, -0.2) is 22.8 Å². The highest BCUT2D eigenvalue weighted by atomic mass is 16.3. The maximum Gasteiger partial charge on any atom is 0.0741 e. The molecule has 0 aromatic heterocycles. The van der Waals surface area contributed by atoms with Crippen LogP contribution < -0.4 is 5.32 Å². The van der Waals surface area contributed by atoms with Gasteiger partial charge in [0.1, 0.15) is 0 Å². The van der Waals surface area contributed by atoms with E-state index in [-0.39, 0.29) is 6.04 Å². The lowest BCUT2D eigenvalue weighted by atomic mass is 9.99. The van der Waals surface area contributed by atoms with Crippen LogP contribution in [0.25, 0.3) is 0 Å². The highest BCUT2D eigenvalue weighted by molar-refractivity contribution is 5.33. The van der Waals surface area contributed by atoms with Gasteiger partial charge in [-0.15, -0.1) is 0 Å². The number of rotatable bonds is 3. The zero-order valence-electron chi connectivity index (χ0n) is 10.3. The molecule has 0 radical (unpaired) electrons. The molecule has 0 bridgehead atoms. The fourth-order valence-electron chi connectivity index (χ4n) is 2.23. The van der Waals surface area contributed by atoms with Gasteiger partial charge >= 0.3 is 0 Å². The summed E-state index contributed by atoms with van der Waals surface area (Å²) in [5.41, 5.74) is 2.24. The minimum Gasteiger partial charge on any atom is -0.389 e. The van der Waals surface area contributed by atoms with Crippen LogP contribution in [0.15, 0.2) is 24.3 Å². The largest absolute Gasteiger partial charge is 0.389 e. The van der Waals surface area contributed by atoms with E-state index in [1.54, 1.807) is 0 Å². The van der Waals surface area contributed by atoms with Gasteiger partial charge in [0.25, 0.3) is 0 Å². The van der Waals surface area contributed by atoms with Gasteiger partial charge < -0.3 is 10.4 Å². The lowest BCUT2D eigenvalue weighted by molar-refractivity contribution is 0.0402. The molecule has 0 amide bonds. The van der Waals surface area contributed by atoms with Crippen molar-refractivity contribution in [2.45, 2.75) is 51.3 Å². The summed E-state index contributed by atoms with van der Waals surface area (Å²) in [7, 11) is 0. The lowest BCUT2D eigenvalue weighted by Crippen LogP contribution is -2.49. The fraction of sp³-hybridized carbons (Fsp3) is 0.571. The molecule has 2 heteroatoms. The number of aliphatic hydroxyl groups is 1. The zero-order chi connectivity index (χ0) is 11.8. The van der Waals surface area contributed by atoms with Gasteiger partial charge in [-0.2, -0.15) is 0 Å². The summed E-state index contributed by atoms with van der Waals surface area (Å²) in [5.74, 6) is 0. The van der Waals surface area contributed by atoms with Crippen molar-refractivity contribution >= 4 is 0 Å². The fourth-order valence-corrected chi connectivity index (χ4v) is 2.23. The molecule has 1 aromatic rings. The maximum absolute atomic E-state index is 9.90. The van der Waals surface area contributed by atoms with Gasteiger partial charge in [0.2, 0.25) is 0 Å². The highest BCUT2D eigenvalue weighted by Crippen LogP contribution is 2.22. The predicted molar refractivity (Wildman–Crippen MR) is 66.5 cm³/mol. The van der Waals surface area contributed by atoms with E-state index in [4.69, 9.17) is 0 Å². The molecule has 0 fully saturated rings. The van der Waals surface area contributed by atoms with Gasteiger partial charge in [0.15, 0.2) is 0 Å². The smallest absolute Gasteiger partial charge is 0.0741 e. The minimum atomic E-state index is -0.658. The van der Waals surface area contributed by atoms with Crippen LogP contribution >= 0.6 is 0 Å². The number of hydrogen-bond acceptors (Lipinski definition) is 2.